The number of nitrogen functional groups attached to an aromatic ring is 1. The standard InChI is InChI=1S/C21H24FN9O9P2S2/c1-8-12-18(26-4-24-8)30(6-28-12)20-11(22)15-9(37-20)2-35-42(34,44)40-16-10(3-36-41(33,43)39-15)38-21(14(16)32)31-7-29-13-17(23)25-5-27-19(13)31/h4-7,9-11,14-16,20-21,32H,2-3H2,1H3,(H,33,43)(H,34,44)(H2,23,25,27)/p-1/t9-,10-,11-,14-,15-,16-,20-,21-,41?,42?/m1/s1. The second-order valence-corrected chi connectivity index (χ2v) is 15.6. The van der Waals surface area contributed by atoms with Crippen LogP contribution >= 0.6 is 13.5 Å². The predicted molar refractivity (Wildman–Crippen MR) is 152 cm³/mol. The molecule has 236 valence electrons. The molecule has 0 aliphatic carbocycles. The molecule has 7 heterocycles. The van der Waals surface area contributed by atoms with Gasteiger partial charge in [0.05, 0.1) is 31.6 Å². The van der Waals surface area contributed by atoms with Crippen molar-refractivity contribution in [3.63, 3.8) is 0 Å². The number of hydrogen-bond donors (Lipinski definition) is 3. The third-order valence-corrected chi connectivity index (χ3v) is 10.5. The van der Waals surface area contributed by atoms with Crippen molar-refractivity contribution in [2.75, 3.05) is 18.9 Å². The molecular formula is C21H23FN9O9P2S2-. The third-order valence-electron chi connectivity index (χ3n) is 7.36. The van der Waals surface area contributed by atoms with Crippen LogP contribution in [0.3, 0.4) is 0 Å². The lowest BCUT2D eigenvalue weighted by atomic mass is 10.1. The molecule has 0 saturated carbocycles. The summed E-state index contributed by atoms with van der Waals surface area (Å²) in [5, 5.41) is 11.2. The Morgan fingerprint density at radius 3 is 2.34 bits per heavy atom. The zero-order valence-electron chi connectivity index (χ0n) is 22.3. The summed E-state index contributed by atoms with van der Waals surface area (Å²) in [5.74, 6) is 0.0987. The van der Waals surface area contributed by atoms with Gasteiger partial charge in [-0.3, -0.25) is 18.2 Å². The number of anilines is 1. The first-order chi connectivity index (χ1) is 20.9. The number of rotatable bonds is 2. The lowest BCUT2D eigenvalue weighted by Gasteiger charge is -2.33. The van der Waals surface area contributed by atoms with E-state index in [1.165, 1.54) is 34.4 Å². The predicted octanol–water partition coefficient (Wildman–Crippen LogP) is 0.740. The number of aryl methyl sites for hydroxylation is 1. The average Bonchev–Trinajstić information content (AvgIpc) is 3.73. The fourth-order valence-corrected chi connectivity index (χ4v) is 8.17. The number of nitrogens with two attached hydrogens (primary N) is 1. The minimum Gasteiger partial charge on any atom is -0.660 e. The number of fused-ring (bicyclic) bond motifs is 4. The van der Waals surface area contributed by atoms with Gasteiger partial charge < -0.3 is 51.0 Å². The summed E-state index contributed by atoms with van der Waals surface area (Å²) >= 11 is 10.3. The van der Waals surface area contributed by atoms with E-state index >= 15 is 4.39 Å². The highest BCUT2D eigenvalue weighted by atomic mass is 32.7. The number of alkyl halides is 1. The normalized spacial score (nSPS) is 38.3. The van der Waals surface area contributed by atoms with Crippen LogP contribution in [0.1, 0.15) is 18.1 Å². The third kappa shape index (κ3) is 5.33. The molecule has 3 fully saturated rings. The second kappa shape index (κ2) is 11.2. The van der Waals surface area contributed by atoms with Gasteiger partial charge >= 0.3 is 6.72 Å². The number of hydrogen-bond acceptors (Lipinski definition) is 17. The van der Waals surface area contributed by atoms with E-state index in [1.54, 1.807) is 6.92 Å². The molecule has 7 rings (SSSR count). The topological polar surface area (TPSA) is 226 Å². The van der Waals surface area contributed by atoms with Crippen LogP contribution in [0.25, 0.3) is 22.3 Å². The second-order valence-electron chi connectivity index (χ2n) is 10.1. The van der Waals surface area contributed by atoms with Crippen molar-refractivity contribution in [3.8, 4) is 0 Å². The van der Waals surface area contributed by atoms with E-state index in [0.717, 1.165) is 0 Å². The summed E-state index contributed by atoms with van der Waals surface area (Å²) in [7, 11) is 0. The Labute approximate surface area is 257 Å². The van der Waals surface area contributed by atoms with Crippen molar-refractivity contribution < 1.29 is 46.5 Å². The first-order valence-electron chi connectivity index (χ1n) is 12.9. The van der Waals surface area contributed by atoms with E-state index in [1.807, 2.05) is 0 Å². The molecule has 3 aliphatic heterocycles. The van der Waals surface area contributed by atoms with Crippen molar-refractivity contribution in [1.29, 1.82) is 0 Å². The van der Waals surface area contributed by atoms with Gasteiger partial charge in [0.1, 0.15) is 54.2 Å². The maximum absolute atomic E-state index is 16.0. The SMILES string of the molecule is Cc1ncnc2c1ncn2[C@@H]1O[C@@H]2COP(O)(=S)O[C@H]3[C@@H](O)[C@H](n4cnc5c(N)ncnc54)O[C@@H]3COP(=O)([S-])O[C@H]2[C@H]1F. The van der Waals surface area contributed by atoms with E-state index in [2.05, 4.69) is 29.9 Å². The molecule has 44 heavy (non-hydrogen) atoms. The summed E-state index contributed by atoms with van der Waals surface area (Å²) in [6, 6.07) is 0. The zero-order valence-corrected chi connectivity index (χ0v) is 25.8. The van der Waals surface area contributed by atoms with Gasteiger partial charge in [-0.1, -0.05) is 0 Å². The number of ether oxygens (including phenoxy) is 2. The van der Waals surface area contributed by atoms with Crippen molar-refractivity contribution in [1.82, 2.24) is 39.0 Å². The average molecular weight is 691 g/mol. The summed E-state index contributed by atoms with van der Waals surface area (Å²) < 4.78 is 66.1. The maximum atomic E-state index is 16.0. The maximum Gasteiger partial charge on any atom is 0.325 e. The number of aliphatic hydroxyl groups excluding tert-OH is 1. The van der Waals surface area contributed by atoms with E-state index in [0.29, 0.717) is 11.2 Å². The van der Waals surface area contributed by atoms with Gasteiger partial charge in [0.15, 0.2) is 42.5 Å². The monoisotopic (exact) mass is 690 g/mol. The molecule has 4 aromatic rings. The van der Waals surface area contributed by atoms with Crippen LogP contribution < -0.4 is 5.73 Å². The smallest absolute Gasteiger partial charge is 0.325 e. The Morgan fingerprint density at radius 2 is 1.57 bits per heavy atom. The lowest BCUT2D eigenvalue weighted by Crippen LogP contribution is -2.38. The summed E-state index contributed by atoms with van der Waals surface area (Å²) in [6.07, 6.45) is -6.35. The van der Waals surface area contributed by atoms with Crippen molar-refractivity contribution >= 4 is 65.7 Å². The van der Waals surface area contributed by atoms with Gasteiger partial charge in [0, 0.05) is 0 Å². The van der Waals surface area contributed by atoms with Crippen molar-refractivity contribution in [2.45, 2.75) is 56.1 Å². The van der Waals surface area contributed by atoms with Crippen LogP contribution in [0.15, 0.2) is 25.3 Å². The Morgan fingerprint density at radius 1 is 0.955 bits per heavy atom. The first-order valence-corrected chi connectivity index (χ1v) is 18.1. The van der Waals surface area contributed by atoms with Crippen molar-refractivity contribution in [2.24, 2.45) is 0 Å². The molecule has 0 bridgehead atoms. The van der Waals surface area contributed by atoms with Crippen LogP contribution in [0, 0.1) is 6.92 Å². The van der Waals surface area contributed by atoms with E-state index in [9.17, 15) is 14.6 Å². The Balaban J connectivity index is 1.17. The quantitative estimate of drug-likeness (QED) is 0.195. The molecule has 2 unspecified atom stereocenters. The fourth-order valence-electron chi connectivity index (χ4n) is 5.30. The van der Waals surface area contributed by atoms with Gasteiger partial charge in [0.25, 0.3) is 0 Å². The molecule has 3 aliphatic rings. The highest BCUT2D eigenvalue weighted by Gasteiger charge is 2.52. The van der Waals surface area contributed by atoms with Gasteiger partial charge in [-0.05, 0) is 18.7 Å². The number of halogens is 1. The van der Waals surface area contributed by atoms with E-state index in [-0.39, 0.29) is 22.6 Å². The molecule has 0 radical (unpaired) electrons. The Hall–Kier alpha value is -2.26. The molecular weight excluding hydrogens is 667 g/mol. The van der Waals surface area contributed by atoms with E-state index in [4.69, 9.17) is 57.4 Å². The van der Waals surface area contributed by atoms with Crippen LogP contribution in [0.4, 0.5) is 10.2 Å². The molecule has 4 N–H and O–H groups in total. The summed E-state index contributed by atoms with van der Waals surface area (Å²) in [4.78, 5) is 35.6. The van der Waals surface area contributed by atoms with Crippen LogP contribution in [0.2, 0.25) is 0 Å². The minimum absolute atomic E-state index is 0.0987. The van der Waals surface area contributed by atoms with Gasteiger partial charge in [-0.15, -0.1) is 0 Å². The van der Waals surface area contributed by atoms with Gasteiger partial charge in [-0.2, -0.15) is 0 Å². The molecule has 18 nitrogen and oxygen atoms in total. The summed E-state index contributed by atoms with van der Waals surface area (Å²) in [6.45, 7) is -8.00. The van der Waals surface area contributed by atoms with Crippen LogP contribution in [0.5, 0.6) is 0 Å². The highest BCUT2D eigenvalue weighted by molar-refractivity contribution is 8.32. The van der Waals surface area contributed by atoms with Gasteiger partial charge in [0.2, 0.25) is 0 Å². The Kier molecular flexibility index (Phi) is 7.75. The molecule has 0 aromatic carbocycles. The molecule has 3 saturated heterocycles. The number of aromatic nitrogens is 8. The lowest BCUT2D eigenvalue weighted by molar-refractivity contribution is -0.0570. The van der Waals surface area contributed by atoms with Crippen molar-refractivity contribution in [3.05, 3.63) is 31.0 Å². The largest absolute Gasteiger partial charge is 0.660 e. The van der Waals surface area contributed by atoms with Crippen LogP contribution in [-0.2, 0) is 56.2 Å². The minimum atomic E-state index is -4.43. The highest BCUT2D eigenvalue weighted by Crippen LogP contribution is 2.55. The zero-order chi connectivity index (χ0) is 31.0. The molecule has 23 heteroatoms. The molecule has 0 amide bonds. The van der Waals surface area contributed by atoms with Gasteiger partial charge in [-0.25, -0.2) is 34.3 Å². The fraction of sp³-hybridized carbons (Fsp3) is 0.524. The first kappa shape index (κ1) is 30.4. The molecule has 4 aromatic heterocycles. The Bertz CT molecular complexity index is 1710. The van der Waals surface area contributed by atoms with E-state index < -0.39 is 75.9 Å². The number of imidazole rings is 2. The van der Waals surface area contributed by atoms with Crippen LogP contribution in [-0.4, -0.2) is 98.9 Å². The molecule has 0 spiro atoms. The number of nitrogens with zero attached hydrogens (tertiary/aromatic N) is 8. The summed E-state index contributed by atoms with van der Waals surface area (Å²) in [5.41, 5.74) is 7.62. The molecule has 10 atom stereocenters. The number of aliphatic hydroxyl groups is 1.